The van der Waals surface area contributed by atoms with Crippen LogP contribution in [0.25, 0.3) is 0 Å². The summed E-state index contributed by atoms with van der Waals surface area (Å²) < 4.78 is 4.77. The molecule has 0 saturated carbocycles. The highest BCUT2D eigenvalue weighted by molar-refractivity contribution is 9.11. The van der Waals surface area contributed by atoms with E-state index in [-0.39, 0.29) is 16.5 Å². The topological polar surface area (TPSA) is 79.3 Å². The van der Waals surface area contributed by atoms with Gasteiger partial charge in [-0.25, -0.2) is 4.79 Å². The van der Waals surface area contributed by atoms with Crippen LogP contribution in [0.5, 0.6) is 0 Å². The number of nitrogens with one attached hydrogen (secondary N) is 1. The molecular weight excluding hydrogens is 340 g/mol. The number of carbonyl (C=O) groups excluding carboxylic acids is 1. The summed E-state index contributed by atoms with van der Waals surface area (Å²) in [5, 5.41) is 11.9. The van der Waals surface area contributed by atoms with Crippen molar-refractivity contribution in [3.05, 3.63) is 32.1 Å². The molecule has 1 amide bonds. The molecule has 0 aromatic carbocycles. The molecule has 2 rings (SSSR count). The number of nitrogens with zero attached hydrogens (tertiary/aromatic N) is 1. The van der Waals surface area contributed by atoms with Crippen LogP contribution >= 0.6 is 38.8 Å². The molecule has 2 aromatic heterocycles. The maximum Gasteiger partial charge on any atom is 0.340 e. The van der Waals surface area contributed by atoms with E-state index >= 15 is 0 Å². The second-order valence-electron chi connectivity index (χ2n) is 3.34. The zero-order chi connectivity index (χ0) is 13.3. The monoisotopic (exact) mass is 346 g/mol. The summed E-state index contributed by atoms with van der Waals surface area (Å²) in [5.41, 5.74) is 0.444. The largest absolute Gasteiger partial charge is 0.478 e. The molecule has 0 radical (unpaired) electrons. The minimum Gasteiger partial charge on any atom is -0.478 e. The Bertz CT molecular complexity index is 620. The number of aromatic nitrogens is 1. The standard InChI is InChI=1S/C10H7BrN2O3S2/c1-4-7(10(15)16)9(18-13-4)12-8(14)5-2-3-6(11)17-5/h2-3H,1H3,(H,12,14)(H,15,16). The first kappa shape index (κ1) is 13.2. The second-order valence-corrected chi connectivity index (χ2v) is 6.57. The molecule has 0 saturated heterocycles. The van der Waals surface area contributed by atoms with Crippen molar-refractivity contribution in [1.82, 2.24) is 4.37 Å². The number of carboxylic acids is 1. The highest BCUT2D eigenvalue weighted by Crippen LogP contribution is 2.27. The van der Waals surface area contributed by atoms with Crippen LogP contribution in [0.15, 0.2) is 15.9 Å². The van der Waals surface area contributed by atoms with Crippen LogP contribution in [-0.2, 0) is 0 Å². The number of carboxylic acid groups (broad SMARTS) is 1. The highest BCUT2D eigenvalue weighted by Gasteiger charge is 2.20. The summed E-state index contributed by atoms with van der Waals surface area (Å²) in [6.45, 7) is 1.59. The van der Waals surface area contributed by atoms with Gasteiger partial charge in [0.05, 0.1) is 14.4 Å². The molecule has 94 valence electrons. The molecule has 18 heavy (non-hydrogen) atoms. The minimum atomic E-state index is -1.09. The first-order chi connectivity index (χ1) is 8.49. The number of aryl methyl sites for hydroxylation is 1. The molecule has 0 atom stereocenters. The zero-order valence-corrected chi connectivity index (χ0v) is 12.3. The second kappa shape index (κ2) is 5.17. The lowest BCUT2D eigenvalue weighted by Crippen LogP contribution is -2.12. The van der Waals surface area contributed by atoms with Crippen LogP contribution in [0, 0.1) is 6.92 Å². The molecule has 5 nitrogen and oxygen atoms in total. The average molecular weight is 347 g/mol. The van der Waals surface area contributed by atoms with E-state index in [9.17, 15) is 9.59 Å². The lowest BCUT2D eigenvalue weighted by molar-refractivity contribution is 0.0697. The fourth-order valence-corrected chi connectivity index (χ4v) is 3.37. The number of amides is 1. The van der Waals surface area contributed by atoms with Gasteiger partial charge >= 0.3 is 5.97 Å². The molecule has 2 N–H and O–H groups in total. The highest BCUT2D eigenvalue weighted by atomic mass is 79.9. The molecule has 0 fully saturated rings. The van der Waals surface area contributed by atoms with Crippen LogP contribution in [0.1, 0.15) is 25.7 Å². The van der Waals surface area contributed by atoms with Crippen molar-refractivity contribution < 1.29 is 14.7 Å². The van der Waals surface area contributed by atoms with Gasteiger partial charge in [0.25, 0.3) is 5.91 Å². The van der Waals surface area contributed by atoms with Gasteiger partial charge in [-0.2, -0.15) is 4.37 Å². The van der Waals surface area contributed by atoms with Gasteiger partial charge in [-0.1, -0.05) is 0 Å². The summed E-state index contributed by atoms with van der Waals surface area (Å²) in [4.78, 5) is 23.4. The molecule has 0 spiro atoms. The van der Waals surface area contributed by atoms with Gasteiger partial charge in [-0.05, 0) is 46.5 Å². The van der Waals surface area contributed by atoms with E-state index < -0.39 is 5.97 Å². The predicted octanol–water partition coefficient (Wildman–Crippen LogP) is 3.23. The molecular formula is C10H7BrN2O3S2. The third-order valence-corrected chi connectivity index (χ3v) is 4.58. The lowest BCUT2D eigenvalue weighted by atomic mass is 10.2. The summed E-state index contributed by atoms with van der Waals surface area (Å²) in [6, 6.07) is 3.42. The van der Waals surface area contributed by atoms with Gasteiger partial charge in [-0.3, -0.25) is 4.79 Å². The van der Waals surface area contributed by atoms with E-state index in [1.165, 1.54) is 11.3 Å². The van der Waals surface area contributed by atoms with E-state index in [4.69, 9.17) is 5.11 Å². The number of rotatable bonds is 3. The predicted molar refractivity (Wildman–Crippen MR) is 73.8 cm³/mol. The molecule has 2 aromatic rings. The molecule has 0 bridgehead atoms. The van der Waals surface area contributed by atoms with Gasteiger partial charge < -0.3 is 10.4 Å². The number of halogens is 1. The van der Waals surface area contributed by atoms with E-state index in [0.717, 1.165) is 15.3 Å². The Morgan fingerprint density at radius 3 is 2.72 bits per heavy atom. The van der Waals surface area contributed by atoms with E-state index in [1.54, 1.807) is 19.1 Å². The molecule has 0 aliphatic carbocycles. The summed E-state index contributed by atoms with van der Waals surface area (Å²) in [5.74, 6) is -1.43. The van der Waals surface area contributed by atoms with Crippen molar-refractivity contribution in [3.63, 3.8) is 0 Å². The number of carbonyl (C=O) groups is 2. The van der Waals surface area contributed by atoms with Gasteiger partial charge in [0.1, 0.15) is 10.6 Å². The molecule has 2 heterocycles. The van der Waals surface area contributed by atoms with Crippen LogP contribution in [0.3, 0.4) is 0 Å². The first-order valence-corrected chi connectivity index (χ1v) is 7.13. The van der Waals surface area contributed by atoms with E-state index in [0.29, 0.717) is 10.6 Å². The van der Waals surface area contributed by atoms with Crippen molar-refractivity contribution in [3.8, 4) is 0 Å². The fraction of sp³-hybridized carbons (Fsp3) is 0.100. The lowest BCUT2D eigenvalue weighted by Gasteiger charge is -2.01. The van der Waals surface area contributed by atoms with Gasteiger partial charge in [0.2, 0.25) is 0 Å². The Morgan fingerprint density at radius 2 is 2.17 bits per heavy atom. The number of aromatic carboxylic acids is 1. The smallest absolute Gasteiger partial charge is 0.340 e. The van der Waals surface area contributed by atoms with Gasteiger partial charge in [0, 0.05) is 0 Å². The fourth-order valence-electron chi connectivity index (χ4n) is 1.31. The van der Waals surface area contributed by atoms with E-state index in [1.807, 2.05) is 0 Å². The number of thiophene rings is 1. The Kier molecular flexibility index (Phi) is 3.79. The maximum atomic E-state index is 11.9. The average Bonchev–Trinajstić information content (AvgIpc) is 2.85. The third-order valence-electron chi connectivity index (χ3n) is 2.10. The van der Waals surface area contributed by atoms with Crippen LogP contribution in [-0.4, -0.2) is 21.4 Å². The number of hydrogen-bond donors (Lipinski definition) is 2. The SMILES string of the molecule is Cc1nsc(NC(=O)c2ccc(Br)s2)c1C(=O)O. The number of hydrogen-bond acceptors (Lipinski definition) is 5. The van der Waals surface area contributed by atoms with Crippen molar-refractivity contribution in [2.24, 2.45) is 0 Å². The van der Waals surface area contributed by atoms with E-state index in [2.05, 4.69) is 25.6 Å². The summed E-state index contributed by atoms with van der Waals surface area (Å²) in [6.07, 6.45) is 0. The normalized spacial score (nSPS) is 10.3. The van der Waals surface area contributed by atoms with Crippen LogP contribution in [0.4, 0.5) is 5.00 Å². The Labute approximate surface area is 119 Å². The zero-order valence-electron chi connectivity index (χ0n) is 9.06. The van der Waals surface area contributed by atoms with Gasteiger partial charge in [0.15, 0.2) is 0 Å². The molecule has 0 aliphatic heterocycles. The van der Waals surface area contributed by atoms with Gasteiger partial charge in [-0.15, -0.1) is 11.3 Å². The summed E-state index contributed by atoms with van der Waals surface area (Å²) in [7, 11) is 0. The van der Waals surface area contributed by atoms with Crippen molar-refractivity contribution >= 4 is 55.7 Å². The Morgan fingerprint density at radius 1 is 1.44 bits per heavy atom. The first-order valence-electron chi connectivity index (χ1n) is 4.75. The number of anilines is 1. The van der Waals surface area contributed by atoms with Crippen molar-refractivity contribution in [2.75, 3.05) is 5.32 Å². The third kappa shape index (κ3) is 2.60. The molecule has 8 heteroatoms. The minimum absolute atomic E-state index is 0.0453. The molecule has 0 aliphatic rings. The van der Waals surface area contributed by atoms with Crippen molar-refractivity contribution in [2.45, 2.75) is 6.92 Å². The Balaban J connectivity index is 2.25. The Hall–Kier alpha value is -1.25. The maximum absolute atomic E-state index is 11.9. The van der Waals surface area contributed by atoms with Crippen molar-refractivity contribution in [1.29, 1.82) is 0 Å². The van der Waals surface area contributed by atoms with Crippen LogP contribution in [0.2, 0.25) is 0 Å². The quantitative estimate of drug-likeness (QED) is 0.894. The van der Waals surface area contributed by atoms with Crippen LogP contribution < -0.4 is 5.32 Å². The molecule has 0 unspecified atom stereocenters. The summed E-state index contributed by atoms with van der Waals surface area (Å²) >= 11 is 5.50.